The minimum Gasteiger partial charge on any atom is -0.457 e. The Hall–Kier alpha value is -1.17. The van der Waals surface area contributed by atoms with Crippen LogP contribution in [0.4, 0.5) is 0 Å². The number of benzene rings is 2. The molecule has 0 fully saturated rings. The molecule has 0 aromatic heterocycles. The Balaban J connectivity index is 2.61. The van der Waals surface area contributed by atoms with Gasteiger partial charge < -0.3 is 4.12 Å². The molecule has 0 N–H and O–H groups in total. The molecule has 0 aliphatic rings. The van der Waals surface area contributed by atoms with Crippen molar-refractivity contribution in [2.75, 3.05) is 0 Å². The van der Waals surface area contributed by atoms with Crippen molar-refractivity contribution < 1.29 is 4.12 Å². The van der Waals surface area contributed by atoms with Crippen molar-refractivity contribution in [1.29, 1.82) is 0 Å². The first-order valence-corrected chi connectivity index (χ1v) is 9.18. The van der Waals surface area contributed by atoms with Gasteiger partial charge in [-0.3, -0.25) is 0 Å². The van der Waals surface area contributed by atoms with Crippen molar-refractivity contribution in [3.8, 4) is 0 Å². The standard InChI is InChI=1S/C15H20OSi2/c1-13(2)18(16-17,14-9-5-3-6-10-14)15-11-7-4-8-12-15/h3-13H,1-2,17H3. The van der Waals surface area contributed by atoms with Gasteiger partial charge >= 0.3 is 0 Å². The molecule has 0 aliphatic heterocycles. The summed E-state index contributed by atoms with van der Waals surface area (Å²) in [5.74, 6) is 0. The molecule has 2 aromatic carbocycles. The van der Waals surface area contributed by atoms with Gasteiger partial charge in [0.05, 0.1) is 0 Å². The topological polar surface area (TPSA) is 9.23 Å². The predicted octanol–water partition coefficient (Wildman–Crippen LogP) is 1.45. The first-order chi connectivity index (χ1) is 8.71. The van der Waals surface area contributed by atoms with Crippen LogP contribution in [0.5, 0.6) is 0 Å². The summed E-state index contributed by atoms with van der Waals surface area (Å²) in [7, 11) is -1.26. The maximum atomic E-state index is 6.25. The van der Waals surface area contributed by atoms with Crippen LogP contribution in [0.1, 0.15) is 13.8 Å². The van der Waals surface area contributed by atoms with Gasteiger partial charge in [-0.15, -0.1) is 0 Å². The van der Waals surface area contributed by atoms with Crippen LogP contribution in [-0.4, -0.2) is 18.8 Å². The first-order valence-electron chi connectivity index (χ1n) is 6.38. The number of hydrogen-bond acceptors (Lipinski definition) is 1. The molecule has 18 heavy (non-hydrogen) atoms. The molecule has 0 saturated carbocycles. The Bertz CT molecular complexity index is 443. The molecule has 0 radical (unpaired) electrons. The lowest BCUT2D eigenvalue weighted by Gasteiger charge is -2.35. The molecule has 1 nitrogen and oxygen atoms in total. The summed E-state index contributed by atoms with van der Waals surface area (Å²) in [6.07, 6.45) is 0. The number of hydrogen-bond donors (Lipinski definition) is 0. The zero-order valence-corrected chi connectivity index (χ0v) is 14.3. The van der Waals surface area contributed by atoms with E-state index in [1.807, 2.05) is 0 Å². The number of rotatable bonds is 4. The molecule has 0 aliphatic carbocycles. The largest absolute Gasteiger partial charge is 0.457 e. The summed E-state index contributed by atoms with van der Waals surface area (Å²) in [5, 5.41) is 2.75. The van der Waals surface area contributed by atoms with Gasteiger partial charge in [-0.25, -0.2) is 0 Å². The Kier molecular flexibility index (Phi) is 4.16. The van der Waals surface area contributed by atoms with Gasteiger partial charge in [0.1, 0.15) is 10.5 Å². The predicted molar refractivity (Wildman–Crippen MR) is 84.0 cm³/mol. The second-order valence-corrected chi connectivity index (χ2v) is 10.2. The second kappa shape index (κ2) is 5.65. The van der Waals surface area contributed by atoms with E-state index >= 15 is 0 Å². The van der Waals surface area contributed by atoms with Crippen LogP contribution in [0, 0.1) is 0 Å². The summed E-state index contributed by atoms with van der Waals surface area (Å²) in [6, 6.07) is 21.5. The molecule has 94 valence electrons. The van der Waals surface area contributed by atoms with Gasteiger partial charge in [0.15, 0.2) is 0 Å². The van der Waals surface area contributed by atoms with Crippen molar-refractivity contribution in [1.82, 2.24) is 0 Å². The lowest BCUT2D eigenvalue weighted by Crippen LogP contribution is -2.62. The van der Waals surface area contributed by atoms with Gasteiger partial charge in [-0.1, -0.05) is 74.5 Å². The molecule has 3 heteroatoms. The maximum Gasteiger partial charge on any atom is 0.247 e. The average molecular weight is 272 g/mol. The molecule has 0 amide bonds. The SMILES string of the molecule is CC(C)[Si](O[SiH3])(c1ccccc1)c1ccccc1. The summed E-state index contributed by atoms with van der Waals surface area (Å²) in [5.41, 5.74) is 0.528. The van der Waals surface area contributed by atoms with Crippen LogP contribution in [0.15, 0.2) is 60.7 Å². The monoisotopic (exact) mass is 272 g/mol. The van der Waals surface area contributed by atoms with Crippen LogP contribution in [-0.2, 0) is 4.12 Å². The average Bonchev–Trinajstić information content (AvgIpc) is 2.42. The Morgan fingerprint density at radius 1 is 0.833 bits per heavy atom. The molecular formula is C15H20OSi2. The highest BCUT2D eigenvalue weighted by atomic mass is 28.4. The molecule has 0 saturated heterocycles. The minimum absolute atomic E-state index is 0.528. The molecule has 0 heterocycles. The maximum absolute atomic E-state index is 6.25. The highest BCUT2D eigenvalue weighted by Gasteiger charge is 2.41. The smallest absolute Gasteiger partial charge is 0.247 e. The van der Waals surface area contributed by atoms with E-state index in [4.69, 9.17) is 4.12 Å². The Morgan fingerprint density at radius 3 is 1.50 bits per heavy atom. The highest BCUT2D eigenvalue weighted by molar-refractivity contribution is 6.99. The van der Waals surface area contributed by atoms with E-state index in [-0.39, 0.29) is 0 Å². The second-order valence-electron chi connectivity index (χ2n) is 4.83. The van der Waals surface area contributed by atoms with Crippen LogP contribution < -0.4 is 10.4 Å². The van der Waals surface area contributed by atoms with Gasteiger partial charge in [0.25, 0.3) is 0 Å². The molecule has 2 rings (SSSR count). The third kappa shape index (κ3) is 2.21. The van der Waals surface area contributed by atoms with Crippen LogP contribution in [0.2, 0.25) is 5.54 Å². The lowest BCUT2D eigenvalue weighted by molar-refractivity contribution is 0.605. The van der Waals surface area contributed by atoms with E-state index in [0.717, 1.165) is 10.5 Å². The van der Waals surface area contributed by atoms with Gasteiger partial charge in [0.2, 0.25) is 8.32 Å². The third-order valence-electron chi connectivity index (χ3n) is 3.54. The zero-order valence-electron chi connectivity index (χ0n) is 11.3. The molecular weight excluding hydrogens is 252 g/mol. The summed E-state index contributed by atoms with van der Waals surface area (Å²) >= 11 is 0. The van der Waals surface area contributed by atoms with E-state index in [9.17, 15) is 0 Å². The van der Waals surface area contributed by atoms with Crippen molar-refractivity contribution in [2.45, 2.75) is 19.4 Å². The summed E-state index contributed by atoms with van der Waals surface area (Å²) in [4.78, 5) is 0. The van der Waals surface area contributed by atoms with Gasteiger partial charge in [-0.05, 0) is 15.9 Å². The highest BCUT2D eigenvalue weighted by Crippen LogP contribution is 2.21. The lowest BCUT2D eigenvalue weighted by atomic mass is 10.4. The zero-order chi connectivity index (χ0) is 13.0. The van der Waals surface area contributed by atoms with Crippen molar-refractivity contribution in [3.05, 3.63) is 60.7 Å². The fourth-order valence-electron chi connectivity index (χ4n) is 2.68. The first kappa shape index (κ1) is 13.3. The van der Waals surface area contributed by atoms with Crippen LogP contribution in [0.3, 0.4) is 0 Å². The van der Waals surface area contributed by atoms with Crippen molar-refractivity contribution in [3.63, 3.8) is 0 Å². The van der Waals surface area contributed by atoms with Gasteiger partial charge in [-0.2, -0.15) is 0 Å². The van der Waals surface area contributed by atoms with Crippen LogP contribution >= 0.6 is 0 Å². The van der Waals surface area contributed by atoms with E-state index in [1.54, 1.807) is 0 Å². The molecule has 0 unspecified atom stereocenters. The summed E-state index contributed by atoms with van der Waals surface area (Å²) < 4.78 is 6.25. The van der Waals surface area contributed by atoms with E-state index < -0.39 is 8.32 Å². The van der Waals surface area contributed by atoms with E-state index in [1.165, 1.54) is 10.4 Å². The van der Waals surface area contributed by atoms with Crippen LogP contribution in [0.25, 0.3) is 0 Å². The molecule has 0 atom stereocenters. The van der Waals surface area contributed by atoms with E-state index in [2.05, 4.69) is 74.5 Å². The fourth-order valence-corrected chi connectivity index (χ4v) is 9.49. The third-order valence-corrected chi connectivity index (χ3v) is 10.1. The van der Waals surface area contributed by atoms with Crippen molar-refractivity contribution >= 4 is 29.2 Å². The summed E-state index contributed by atoms with van der Waals surface area (Å²) in [6.45, 7) is 4.56. The molecule has 2 aromatic rings. The van der Waals surface area contributed by atoms with E-state index in [0.29, 0.717) is 5.54 Å². The molecule has 0 bridgehead atoms. The van der Waals surface area contributed by atoms with Crippen molar-refractivity contribution in [2.24, 2.45) is 0 Å². The normalized spacial score (nSPS) is 11.9. The molecule has 0 spiro atoms. The Labute approximate surface area is 113 Å². The Morgan fingerprint density at radius 2 is 1.22 bits per heavy atom. The minimum atomic E-state index is -2.04. The fraction of sp³-hybridized carbons (Fsp3) is 0.200. The van der Waals surface area contributed by atoms with Gasteiger partial charge in [0, 0.05) is 0 Å². The quantitative estimate of drug-likeness (QED) is 0.766.